The third kappa shape index (κ3) is 5.91. The first-order valence-corrected chi connectivity index (χ1v) is 11.1. The Kier molecular flexibility index (Phi) is 7.18. The van der Waals surface area contributed by atoms with Crippen LogP contribution in [0.15, 0.2) is 59.1 Å². The van der Waals surface area contributed by atoms with E-state index in [1.165, 1.54) is 6.07 Å². The van der Waals surface area contributed by atoms with Crippen LogP contribution in [0.25, 0.3) is 11.3 Å². The second-order valence-corrected chi connectivity index (χ2v) is 8.50. The maximum absolute atomic E-state index is 13.2. The molecular weight excluding hydrogens is 439 g/mol. The molecule has 1 aliphatic rings. The van der Waals surface area contributed by atoms with Crippen LogP contribution >= 0.6 is 11.6 Å². The van der Waals surface area contributed by atoms with Crippen LogP contribution in [0.2, 0.25) is 5.02 Å². The minimum atomic E-state index is -4.31. The molecule has 0 saturated carbocycles. The van der Waals surface area contributed by atoms with Gasteiger partial charge in [0.1, 0.15) is 11.5 Å². The third-order valence-electron chi connectivity index (χ3n) is 5.78. The molecule has 0 N–H and O–H groups in total. The Balaban J connectivity index is 1.21. The Morgan fingerprint density at radius 3 is 2.34 bits per heavy atom. The van der Waals surface area contributed by atoms with Crippen LogP contribution in [0.5, 0.6) is 0 Å². The Hall–Kier alpha value is -2.35. The van der Waals surface area contributed by atoms with E-state index >= 15 is 0 Å². The first-order valence-electron chi connectivity index (χ1n) is 10.7. The monoisotopic (exact) mass is 463 g/mol. The van der Waals surface area contributed by atoms with Gasteiger partial charge in [0.05, 0.1) is 5.56 Å². The van der Waals surface area contributed by atoms with Crippen LogP contribution in [-0.4, -0.2) is 47.7 Å². The predicted molar refractivity (Wildman–Crippen MR) is 118 cm³/mol. The van der Waals surface area contributed by atoms with Crippen molar-refractivity contribution in [2.75, 3.05) is 32.7 Å². The van der Waals surface area contributed by atoms with Crippen molar-refractivity contribution in [3.63, 3.8) is 0 Å². The second-order valence-electron chi connectivity index (χ2n) is 8.06. The molecule has 2 heterocycles. The van der Waals surface area contributed by atoms with Gasteiger partial charge in [0.2, 0.25) is 0 Å². The summed E-state index contributed by atoms with van der Waals surface area (Å²) in [6.07, 6.45) is -2.58. The average molecular weight is 464 g/mol. The fourth-order valence-corrected chi connectivity index (χ4v) is 4.14. The molecule has 0 aliphatic carbocycles. The molecule has 4 rings (SSSR count). The van der Waals surface area contributed by atoms with Crippen LogP contribution in [0.1, 0.15) is 23.3 Å². The van der Waals surface area contributed by atoms with Gasteiger partial charge in [-0.2, -0.15) is 13.2 Å². The molecule has 0 radical (unpaired) electrons. The van der Waals surface area contributed by atoms with Crippen molar-refractivity contribution in [1.82, 2.24) is 15.0 Å². The number of rotatable bonds is 7. The fourth-order valence-electron chi connectivity index (χ4n) is 4.01. The van der Waals surface area contributed by atoms with Crippen molar-refractivity contribution in [1.29, 1.82) is 0 Å². The van der Waals surface area contributed by atoms with E-state index in [1.807, 2.05) is 30.3 Å². The van der Waals surface area contributed by atoms with Gasteiger partial charge in [0, 0.05) is 55.8 Å². The number of halogens is 4. The van der Waals surface area contributed by atoms with E-state index in [1.54, 1.807) is 12.1 Å². The topological polar surface area (TPSA) is 32.5 Å². The fraction of sp³-hybridized carbons (Fsp3) is 0.375. The average Bonchev–Trinajstić information content (AvgIpc) is 3.24. The number of piperazine rings is 1. The molecular formula is C24H25ClF3N3O. The maximum atomic E-state index is 13.2. The number of nitrogens with zero attached hydrogens (tertiary/aromatic N) is 3. The van der Waals surface area contributed by atoms with Gasteiger partial charge in [-0.1, -0.05) is 47.1 Å². The first kappa shape index (κ1) is 22.8. The first-order chi connectivity index (χ1) is 15.4. The Morgan fingerprint density at radius 1 is 0.938 bits per heavy atom. The summed E-state index contributed by atoms with van der Waals surface area (Å²) in [6, 6.07) is 15.3. The van der Waals surface area contributed by atoms with Crippen molar-refractivity contribution in [2.45, 2.75) is 25.6 Å². The van der Waals surface area contributed by atoms with Crippen LogP contribution in [0.4, 0.5) is 13.2 Å². The van der Waals surface area contributed by atoms with Crippen molar-refractivity contribution >= 4 is 11.6 Å². The minimum absolute atomic E-state index is 0.328. The molecule has 0 atom stereocenters. The maximum Gasteiger partial charge on any atom is 0.416 e. The van der Waals surface area contributed by atoms with Gasteiger partial charge in [-0.05, 0) is 36.7 Å². The molecule has 0 bridgehead atoms. The van der Waals surface area contributed by atoms with Gasteiger partial charge < -0.3 is 9.42 Å². The van der Waals surface area contributed by atoms with Crippen molar-refractivity contribution in [2.24, 2.45) is 0 Å². The summed E-state index contributed by atoms with van der Waals surface area (Å²) >= 11 is 5.92. The van der Waals surface area contributed by atoms with Gasteiger partial charge in [-0.15, -0.1) is 0 Å². The van der Waals surface area contributed by atoms with Crippen LogP contribution in [0.3, 0.4) is 0 Å². The largest absolute Gasteiger partial charge is 0.416 e. The molecule has 0 amide bonds. The molecule has 0 spiro atoms. The van der Waals surface area contributed by atoms with E-state index in [4.69, 9.17) is 16.1 Å². The molecule has 1 fully saturated rings. The van der Waals surface area contributed by atoms with Crippen LogP contribution in [-0.2, 0) is 19.1 Å². The van der Waals surface area contributed by atoms with Crippen molar-refractivity contribution in [3.05, 3.63) is 76.5 Å². The summed E-state index contributed by atoms with van der Waals surface area (Å²) in [5, 5.41) is 4.82. The molecule has 1 aromatic heterocycles. The highest BCUT2D eigenvalue weighted by Crippen LogP contribution is 2.32. The SMILES string of the molecule is FC(F)(F)c1ccccc1CN1CCN(CCCc2cc(-c3ccc(Cl)cc3)no2)CC1. The summed E-state index contributed by atoms with van der Waals surface area (Å²) in [6.45, 7) is 4.46. The molecule has 170 valence electrons. The lowest BCUT2D eigenvalue weighted by Gasteiger charge is -2.35. The van der Waals surface area contributed by atoms with Crippen LogP contribution in [0, 0.1) is 0 Å². The van der Waals surface area contributed by atoms with E-state index in [0.717, 1.165) is 68.6 Å². The van der Waals surface area contributed by atoms with Crippen LogP contribution < -0.4 is 0 Å². The van der Waals surface area contributed by atoms with Crippen molar-refractivity contribution < 1.29 is 17.7 Å². The van der Waals surface area contributed by atoms with Gasteiger partial charge in [-0.25, -0.2) is 0 Å². The van der Waals surface area contributed by atoms with Gasteiger partial charge >= 0.3 is 6.18 Å². The molecule has 8 heteroatoms. The van der Waals surface area contributed by atoms with Gasteiger partial charge in [-0.3, -0.25) is 4.90 Å². The normalized spacial score (nSPS) is 15.9. The molecule has 4 nitrogen and oxygen atoms in total. The highest BCUT2D eigenvalue weighted by molar-refractivity contribution is 6.30. The summed E-state index contributed by atoms with van der Waals surface area (Å²) < 4.78 is 45.1. The zero-order valence-corrected chi connectivity index (χ0v) is 18.4. The van der Waals surface area contributed by atoms with E-state index in [-0.39, 0.29) is 0 Å². The Bertz CT molecular complexity index is 1010. The summed E-state index contributed by atoms with van der Waals surface area (Å²) in [7, 11) is 0. The summed E-state index contributed by atoms with van der Waals surface area (Å²) in [5.41, 5.74) is 1.57. The molecule has 2 aromatic carbocycles. The summed E-state index contributed by atoms with van der Waals surface area (Å²) in [5.74, 6) is 0.845. The molecule has 1 saturated heterocycles. The Labute approximate surface area is 190 Å². The smallest absolute Gasteiger partial charge is 0.361 e. The second kappa shape index (κ2) is 10.1. The predicted octanol–water partition coefficient (Wildman–Crippen LogP) is 5.76. The zero-order valence-electron chi connectivity index (χ0n) is 17.6. The number of alkyl halides is 3. The number of aromatic nitrogens is 1. The van der Waals surface area contributed by atoms with Crippen molar-refractivity contribution in [3.8, 4) is 11.3 Å². The lowest BCUT2D eigenvalue weighted by molar-refractivity contribution is -0.138. The lowest BCUT2D eigenvalue weighted by Crippen LogP contribution is -2.46. The molecule has 1 aliphatic heterocycles. The van der Waals surface area contributed by atoms with E-state index in [9.17, 15) is 13.2 Å². The lowest BCUT2D eigenvalue weighted by atomic mass is 10.1. The highest BCUT2D eigenvalue weighted by Gasteiger charge is 2.33. The quantitative estimate of drug-likeness (QED) is 0.445. The van der Waals surface area contributed by atoms with Gasteiger partial charge in [0.25, 0.3) is 0 Å². The number of benzene rings is 2. The zero-order chi connectivity index (χ0) is 22.6. The molecule has 0 unspecified atom stereocenters. The number of hydrogen-bond acceptors (Lipinski definition) is 4. The minimum Gasteiger partial charge on any atom is -0.361 e. The molecule has 3 aromatic rings. The standard InChI is InChI=1S/C24H25ClF3N3O/c25-20-9-7-18(8-10-20)23-16-21(32-29-23)5-3-11-30-12-14-31(15-13-30)17-19-4-1-2-6-22(19)24(26,27)28/h1-2,4,6-10,16H,3,5,11-15,17H2. The molecule has 32 heavy (non-hydrogen) atoms. The van der Waals surface area contributed by atoms with E-state index in [0.29, 0.717) is 17.1 Å². The Morgan fingerprint density at radius 2 is 1.62 bits per heavy atom. The van der Waals surface area contributed by atoms with E-state index < -0.39 is 11.7 Å². The third-order valence-corrected chi connectivity index (χ3v) is 6.03. The number of hydrogen-bond donors (Lipinski definition) is 0. The highest BCUT2D eigenvalue weighted by atomic mass is 35.5. The number of aryl methyl sites for hydroxylation is 1. The summed E-state index contributed by atoms with van der Waals surface area (Å²) in [4.78, 5) is 4.44. The van der Waals surface area contributed by atoms with Gasteiger partial charge in [0.15, 0.2) is 0 Å². The van der Waals surface area contributed by atoms with E-state index in [2.05, 4.69) is 15.0 Å².